The number of halogens is 1. The molecule has 0 atom stereocenters. The average molecular weight is 313 g/mol. The van der Waals surface area contributed by atoms with E-state index in [0.717, 1.165) is 26.8 Å². The fourth-order valence-corrected chi connectivity index (χ4v) is 2.45. The summed E-state index contributed by atoms with van der Waals surface area (Å²) >= 11 is 3.48. The second kappa shape index (κ2) is 4.74. The molecule has 0 spiro atoms. The Bertz CT molecular complexity index is 766. The molecule has 0 bridgehead atoms. The molecule has 0 amide bonds. The van der Waals surface area contributed by atoms with Gasteiger partial charge in [-0.3, -0.25) is 4.98 Å². The third kappa shape index (κ3) is 2.38. The number of aryl methyl sites for hydroxylation is 2. The van der Waals surface area contributed by atoms with Gasteiger partial charge in [-0.1, -0.05) is 28.1 Å². The molecule has 3 rings (SSSR count). The van der Waals surface area contributed by atoms with Crippen LogP contribution in [-0.2, 0) is 0 Å². The van der Waals surface area contributed by atoms with Crippen molar-refractivity contribution in [2.24, 2.45) is 0 Å². The van der Waals surface area contributed by atoms with E-state index < -0.39 is 0 Å². The van der Waals surface area contributed by atoms with Gasteiger partial charge in [0.1, 0.15) is 0 Å². The summed E-state index contributed by atoms with van der Waals surface area (Å²) in [5, 5.41) is 0. The Labute approximate surface area is 120 Å². The fraction of sp³-hybridized carbons (Fsp3) is 0.125. The van der Waals surface area contributed by atoms with E-state index in [1.165, 1.54) is 11.1 Å². The van der Waals surface area contributed by atoms with Crippen LogP contribution in [0.2, 0.25) is 0 Å². The minimum Gasteiger partial charge on any atom is -0.252 e. The molecule has 0 fully saturated rings. The van der Waals surface area contributed by atoms with Crippen molar-refractivity contribution in [3.8, 4) is 11.3 Å². The molecule has 0 radical (unpaired) electrons. The van der Waals surface area contributed by atoms with Gasteiger partial charge in [-0.05, 0) is 49.2 Å². The van der Waals surface area contributed by atoms with E-state index in [1.807, 2.05) is 24.4 Å². The summed E-state index contributed by atoms with van der Waals surface area (Å²) in [6.45, 7) is 4.20. The van der Waals surface area contributed by atoms with Crippen LogP contribution >= 0.6 is 15.9 Å². The van der Waals surface area contributed by atoms with Gasteiger partial charge >= 0.3 is 0 Å². The van der Waals surface area contributed by atoms with E-state index in [4.69, 9.17) is 4.98 Å². The van der Waals surface area contributed by atoms with E-state index in [-0.39, 0.29) is 0 Å². The molecule has 2 nitrogen and oxygen atoms in total. The van der Waals surface area contributed by atoms with Crippen LogP contribution in [0.1, 0.15) is 11.1 Å². The van der Waals surface area contributed by atoms with E-state index in [0.29, 0.717) is 0 Å². The number of benzene rings is 2. The molecule has 0 unspecified atom stereocenters. The number of hydrogen-bond acceptors (Lipinski definition) is 2. The highest BCUT2D eigenvalue weighted by Gasteiger charge is 2.05. The Kier molecular flexibility index (Phi) is 3.07. The van der Waals surface area contributed by atoms with Crippen molar-refractivity contribution < 1.29 is 0 Å². The van der Waals surface area contributed by atoms with Gasteiger partial charge in [0.25, 0.3) is 0 Å². The van der Waals surface area contributed by atoms with Gasteiger partial charge in [-0.15, -0.1) is 0 Å². The van der Waals surface area contributed by atoms with Gasteiger partial charge in [0.2, 0.25) is 0 Å². The zero-order valence-electron chi connectivity index (χ0n) is 10.8. The lowest BCUT2D eigenvalue weighted by molar-refractivity contribution is 1.26. The second-order valence-electron chi connectivity index (χ2n) is 4.69. The third-order valence-electron chi connectivity index (χ3n) is 3.28. The maximum absolute atomic E-state index is 4.71. The van der Waals surface area contributed by atoms with Crippen LogP contribution in [0.15, 0.2) is 47.1 Å². The largest absolute Gasteiger partial charge is 0.252 e. The van der Waals surface area contributed by atoms with E-state index in [2.05, 4.69) is 53.0 Å². The van der Waals surface area contributed by atoms with Gasteiger partial charge in [0, 0.05) is 10.0 Å². The van der Waals surface area contributed by atoms with Crippen molar-refractivity contribution in [3.05, 3.63) is 58.2 Å². The molecule has 3 heteroatoms. The highest BCUT2D eigenvalue weighted by atomic mass is 79.9. The molecule has 0 N–H and O–H groups in total. The standard InChI is InChI=1S/C16H13BrN2/c1-10-6-14-15(7-11(10)2)19-16(9-18-14)12-4-3-5-13(17)8-12/h3-9H,1-2H3. The number of rotatable bonds is 1. The van der Waals surface area contributed by atoms with E-state index in [1.54, 1.807) is 0 Å². The summed E-state index contributed by atoms with van der Waals surface area (Å²) in [6.07, 6.45) is 1.83. The zero-order chi connectivity index (χ0) is 13.4. The molecule has 1 aromatic heterocycles. The topological polar surface area (TPSA) is 25.8 Å². The Balaban J connectivity index is 2.19. The summed E-state index contributed by atoms with van der Waals surface area (Å²) in [5.41, 5.74) is 6.35. The molecule has 0 aliphatic carbocycles. The highest BCUT2D eigenvalue weighted by molar-refractivity contribution is 9.10. The van der Waals surface area contributed by atoms with Crippen molar-refractivity contribution in [1.82, 2.24) is 9.97 Å². The van der Waals surface area contributed by atoms with E-state index >= 15 is 0 Å². The van der Waals surface area contributed by atoms with Gasteiger partial charge in [0.05, 0.1) is 22.9 Å². The third-order valence-corrected chi connectivity index (χ3v) is 3.77. The van der Waals surface area contributed by atoms with Crippen molar-refractivity contribution >= 4 is 27.0 Å². The predicted octanol–water partition coefficient (Wildman–Crippen LogP) is 4.68. The van der Waals surface area contributed by atoms with Crippen molar-refractivity contribution in [3.63, 3.8) is 0 Å². The lowest BCUT2D eigenvalue weighted by Crippen LogP contribution is -1.91. The number of fused-ring (bicyclic) bond motifs is 1. The van der Waals surface area contributed by atoms with Crippen LogP contribution in [0, 0.1) is 13.8 Å². The monoisotopic (exact) mass is 312 g/mol. The van der Waals surface area contributed by atoms with Crippen molar-refractivity contribution in [1.29, 1.82) is 0 Å². The minimum absolute atomic E-state index is 0.900. The summed E-state index contributed by atoms with van der Waals surface area (Å²) in [7, 11) is 0. The summed E-state index contributed by atoms with van der Waals surface area (Å²) < 4.78 is 1.05. The molecular weight excluding hydrogens is 300 g/mol. The molecular formula is C16H13BrN2. The molecule has 2 aromatic carbocycles. The summed E-state index contributed by atoms with van der Waals surface area (Å²) in [4.78, 5) is 9.22. The van der Waals surface area contributed by atoms with Crippen LogP contribution in [0.5, 0.6) is 0 Å². The first-order valence-corrected chi connectivity index (χ1v) is 6.93. The Morgan fingerprint density at radius 3 is 2.42 bits per heavy atom. The van der Waals surface area contributed by atoms with Gasteiger partial charge in [-0.2, -0.15) is 0 Å². The SMILES string of the molecule is Cc1cc2ncc(-c3cccc(Br)c3)nc2cc1C. The van der Waals surface area contributed by atoms with Gasteiger partial charge in [0.15, 0.2) is 0 Å². The molecule has 1 heterocycles. The molecule has 3 aromatic rings. The highest BCUT2D eigenvalue weighted by Crippen LogP contribution is 2.23. The quantitative estimate of drug-likeness (QED) is 0.652. The first kappa shape index (κ1) is 12.3. The molecule has 0 aliphatic heterocycles. The average Bonchev–Trinajstić information content (AvgIpc) is 2.39. The van der Waals surface area contributed by atoms with Crippen LogP contribution < -0.4 is 0 Å². The van der Waals surface area contributed by atoms with Crippen molar-refractivity contribution in [2.45, 2.75) is 13.8 Å². The maximum atomic E-state index is 4.71. The maximum Gasteiger partial charge on any atom is 0.0897 e. The molecule has 0 aliphatic rings. The smallest absolute Gasteiger partial charge is 0.0897 e. The number of nitrogens with zero attached hydrogens (tertiary/aromatic N) is 2. The normalized spacial score (nSPS) is 10.9. The second-order valence-corrected chi connectivity index (χ2v) is 5.61. The first-order chi connectivity index (χ1) is 9.13. The van der Waals surface area contributed by atoms with E-state index in [9.17, 15) is 0 Å². The molecule has 19 heavy (non-hydrogen) atoms. The lowest BCUT2D eigenvalue weighted by Gasteiger charge is -2.06. The van der Waals surface area contributed by atoms with Crippen LogP contribution in [0.4, 0.5) is 0 Å². The summed E-state index contributed by atoms with van der Waals surface area (Å²) in [6, 6.07) is 12.3. The zero-order valence-corrected chi connectivity index (χ0v) is 12.4. The summed E-state index contributed by atoms with van der Waals surface area (Å²) in [5.74, 6) is 0. The van der Waals surface area contributed by atoms with Crippen LogP contribution in [0.25, 0.3) is 22.3 Å². The Morgan fingerprint density at radius 2 is 1.68 bits per heavy atom. The number of aromatic nitrogens is 2. The Hall–Kier alpha value is -1.74. The molecule has 94 valence electrons. The Morgan fingerprint density at radius 1 is 0.947 bits per heavy atom. The number of hydrogen-bond donors (Lipinski definition) is 0. The van der Waals surface area contributed by atoms with Gasteiger partial charge < -0.3 is 0 Å². The molecule has 0 saturated carbocycles. The fourth-order valence-electron chi connectivity index (χ4n) is 2.05. The van der Waals surface area contributed by atoms with Gasteiger partial charge in [-0.25, -0.2) is 4.98 Å². The van der Waals surface area contributed by atoms with Crippen LogP contribution in [0.3, 0.4) is 0 Å². The van der Waals surface area contributed by atoms with Crippen LogP contribution in [-0.4, -0.2) is 9.97 Å². The lowest BCUT2D eigenvalue weighted by atomic mass is 10.1. The predicted molar refractivity (Wildman–Crippen MR) is 82.1 cm³/mol. The molecule has 0 saturated heterocycles. The van der Waals surface area contributed by atoms with Crippen molar-refractivity contribution in [2.75, 3.05) is 0 Å². The first-order valence-electron chi connectivity index (χ1n) is 6.13. The minimum atomic E-state index is 0.900.